The van der Waals surface area contributed by atoms with E-state index in [1.807, 2.05) is 6.92 Å². The number of hydrogen-bond donors (Lipinski definition) is 1. The average Bonchev–Trinajstić information content (AvgIpc) is 3.09. The summed E-state index contributed by atoms with van der Waals surface area (Å²) in [6.45, 7) is 4.48. The minimum absolute atomic E-state index is 0.0380. The molecule has 1 amide bonds. The summed E-state index contributed by atoms with van der Waals surface area (Å²) in [4.78, 5) is 12.6. The van der Waals surface area contributed by atoms with Crippen molar-refractivity contribution in [1.82, 2.24) is 9.62 Å². The maximum absolute atomic E-state index is 12.6. The molecule has 1 N–H and O–H groups in total. The number of fused-ring (bicyclic) bond motifs is 1. The lowest BCUT2D eigenvalue weighted by molar-refractivity contribution is -0.126. The van der Waals surface area contributed by atoms with Crippen LogP contribution in [0.15, 0.2) is 18.2 Å². The van der Waals surface area contributed by atoms with Crippen molar-refractivity contribution in [3.63, 3.8) is 0 Å². The van der Waals surface area contributed by atoms with Crippen LogP contribution in [0.25, 0.3) is 0 Å². The van der Waals surface area contributed by atoms with Gasteiger partial charge >= 0.3 is 0 Å². The molecule has 0 spiro atoms. The van der Waals surface area contributed by atoms with E-state index in [2.05, 4.69) is 23.5 Å². The molecule has 1 heterocycles. The molecule has 1 aromatic rings. The van der Waals surface area contributed by atoms with Crippen LogP contribution in [0.3, 0.4) is 0 Å². The molecular weight excluding hydrogens is 336 g/mol. The lowest BCUT2D eigenvalue weighted by Gasteiger charge is -2.31. The third-order valence-corrected chi connectivity index (χ3v) is 7.34. The fourth-order valence-electron chi connectivity index (χ4n) is 3.87. The Kier molecular flexibility index (Phi) is 5.49. The number of rotatable bonds is 5. The first-order valence-corrected chi connectivity index (χ1v) is 10.9. The van der Waals surface area contributed by atoms with Gasteiger partial charge in [0.05, 0.1) is 17.7 Å². The largest absolute Gasteiger partial charge is 0.349 e. The molecule has 5 nitrogen and oxygen atoms in total. The number of aryl methyl sites for hydroxylation is 2. The molecule has 0 bridgehead atoms. The summed E-state index contributed by atoms with van der Waals surface area (Å²) in [6.07, 6.45) is 4.98. The molecule has 0 radical (unpaired) electrons. The van der Waals surface area contributed by atoms with Crippen molar-refractivity contribution in [2.75, 3.05) is 18.8 Å². The predicted molar refractivity (Wildman–Crippen MR) is 98.8 cm³/mol. The van der Waals surface area contributed by atoms with Crippen LogP contribution < -0.4 is 5.32 Å². The Morgan fingerprint density at radius 2 is 2.04 bits per heavy atom. The molecule has 2 aliphatic rings. The van der Waals surface area contributed by atoms with Crippen molar-refractivity contribution in [1.29, 1.82) is 0 Å². The SMILES string of the molecule is CCS(=O)(=O)N1CCC[C@@H](C(=O)N[C@@H](C)c2ccc3c(c2)CCC3)C1. The van der Waals surface area contributed by atoms with Crippen LogP contribution in [0, 0.1) is 5.92 Å². The van der Waals surface area contributed by atoms with E-state index in [0.717, 1.165) is 31.2 Å². The molecule has 6 heteroatoms. The van der Waals surface area contributed by atoms with E-state index in [9.17, 15) is 13.2 Å². The summed E-state index contributed by atoms with van der Waals surface area (Å²) >= 11 is 0. The molecule has 0 saturated carbocycles. The maximum Gasteiger partial charge on any atom is 0.224 e. The van der Waals surface area contributed by atoms with Gasteiger partial charge in [-0.3, -0.25) is 4.79 Å². The number of piperidine rings is 1. The Labute approximate surface area is 150 Å². The molecule has 1 aliphatic carbocycles. The number of nitrogens with zero attached hydrogens (tertiary/aromatic N) is 1. The topological polar surface area (TPSA) is 66.5 Å². The Hall–Kier alpha value is -1.40. The highest BCUT2D eigenvalue weighted by Gasteiger charge is 2.32. The van der Waals surface area contributed by atoms with Crippen molar-refractivity contribution in [2.45, 2.75) is 52.0 Å². The molecule has 0 aromatic heterocycles. The number of benzene rings is 1. The quantitative estimate of drug-likeness (QED) is 0.872. The van der Waals surface area contributed by atoms with Gasteiger partial charge in [-0.05, 0) is 62.6 Å². The molecule has 1 aromatic carbocycles. The van der Waals surface area contributed by atoms with E-state index in [1.54, 1.807) is 6.92 Å². The van der Waals surface area contributed by atoms with Crippen LogP contribution >= 0.6 is 0 Å². The maximum atomic E-state index is 12.6. The Morgan fingerprint density at radius 3 is 2.80 bits per heavy atom. The predicted octanol–water partition coefficient (Wildman–Crippen LogP) is 2.41. The first kappa shape index (κ1) is 18.4. The van der Waals surface area contributed by atoms with E-state index in [-0.39, 0.29) is 23.6 Å². The van der Waals surface area contributed by atoms with Gasteiger partial charge in [0.2, 0.25) is 15.9 Å². The van der Waals surface area contributed by atoms with Crippen LogP contribution in [0.1, 0.15) is 55.8 Å². The lowest BCUT2D eigenvalue weighted by atomic mass is 9.97. The van der Waals surface area contributed by atoms with Crippen LogP contribution in [0.4, 0.5) is 0 Å². The molecule has 138 valence electrons. The van der Waals surface area contributed by atoms with E-state index in [4.69, 9.17) is 0 Å². The molecule has 1 aliphatic heterocycles. The second-order valence-electron chi connectivity index (χ2n) is 7.21. The van der Waals surface area contributed by atoms with E-state index < -0.39 is 10.0 Å². The number of carbonyl (C=O) groups excluding carboxylic acids is 1. The standard InChI is InChI=1S/C19H28N2O3S/c1-3-25(23,24)21-11-5-8-18(13-21)19(22)20-14(2)16-10-9-15-6-4-7-17(15)12-16/h9-10,12,14,18H,3-8,11,13H2,1-2H3,(H,20,22)/t14-,18+/m0/s1. The highest BCUT2D eigenvalue weighted by atomic mass is 32.2. The fourth-order valence-corrected chi connectivity index (χ4v) is 5.05. The van der Waals surface area contributed by atoms with Crippen molar-refractivity contribution >= 4 is 15.9 Å². The van der Waals surface area contributed by atoms with Gasteiger partial charge < -0.3 is 5.32 Å². The van der Waals surface area contributed by atoms with Crippen LogP contribution in [0.2, 0.25) is 0 Å². The van der Waals surface area contributed by atoms with E-state index in [1.165, 1.54) is 21.9 Å². The highest BCUT2D eigenvalue weighted by Crippen LogP contribution is 2.26. The molecule has 1 saturated heterocycles. The smallest absolute Gasteiger partial charge is 0.224 e. The zero-order chi connectivity index (χ0) is 18.0. The van der Waals surface area contributed by atoms with Crippen LogP contribution in [-0.4, -0.2) is 37.5 Å². The number of carbonyl (C=O) groups is 1. The van der Waals surface area contributed by atoms with Crippen molar-refractivity contribution in [2.24, 2.45) is 5.92 Å². The highest BCUT2D eigenvalue weighted by molar-refractivity contribution is 7.89. The number of nitrogens with one attached hydrogen (secondary N) is 1. The molecular formula is C19H28N2O3S. The monoisotopic (exact) mass is 364 g/mol. The Balaban J connectivity index is 1.63. The van der Waals surface area contributed by atoms with Gasteiger partial charge in [-0.1, -0.05) is 18.2 Å². The zero-order valence-corrected chi connectivity index (χ0v) is 15.9. The minimum Gasteiger partial charge on any atom is -0.349 e. The summed E-state index contributed by atoms with van der Waals surface area (Å²) in [7, 11) is -3.22. The second-order valence-corrected chi connectivity index (χ2v) is 9.47. The van der Waals surface area contributed by atoms with Gasteiger partial charge in [0.15, 0.2) is 0 Å². The van der Waals surface area contributed by atoms with Gasteiger partial charge in [0.1, 0.15) is 0 Å². The molecule has 0 unspecified atom stereocenters. The summed E-state index contributed by atoms with van der Waals surface area (Å²) in [5, 5.41) is 3.09. The summed E-state index contributed by atoms with van der Waals surface area (Å²) in [6, 6.07) is 6.43. The molecule has 2 atom stereocenters. The normalized spacial score (nSPS) is 22.4. The van der Waals surface area contributed by atoms with Gasteiger partial charge in [0.25, 0.3) is 0 Å². The van der Waals surface area contributed by atoms with Crippen LogP contribution in [-0.2, 0) is 27.7 Å². The fraction of sp³-hybridized carbons (Fsp3) is 0.632. The van der Waals surface area contributed by atoms with E-state index >= 15 is 0 Å². The first-order valence-electron chi connectivity index (χ1n) is 9.30. The third kappa shape index (κ3) is 4.06. The van der Waals surface area contributed by atoms with Gasteiger partial charge in [-0.15, -0.1) is 0 Å². The zero-order valence-electron chi connectivity index (χ0n) is 15.1. The summed E-state index contributed by atoms with van der Waals surface area (Å²) in [5.74, 6) is -0.205. The number of sulfonamides is 1. The molecule has 25 heavy (non-hydrogen) atoms. The second kappa shape index (κ2) is 7.46. The van der Waals surface area contributed by atoms with Gasteiger partial charge in [-0.25, -0.2) is 12.7 Å². The number of hydrogen-bond acceptors (Lipinski definition) is 3. The van der Waals surface area contributed by atoms with E-state index in [0.29, 0.717) is 13.1 Å². The van der Waals surface area contributed by atoms with Crippen molar-refractivity contribution in [3.05, 3.63) is 34.9 Å². The van der Waals surface area contributed by atoms with Crippen molar-refractivity contribution < 1.29 is 13.2 Å². The van der Waals surface area contributed by atoms with Gasteiger partial charge in [0, 0.05) is 13.1 Å². The minimum atomic E-state index is -3.22. The molecule has 3 rings (SSSR count). The summed E-state index contributed by atoms with van der Waals surface area (Å²) in [5.41, 5.74) is 3.95. The Morgan fingerprint density at radius 1 is 1.28 bits per heavy atom. The van der Waals surface area contributed by atoms with Crippen molar-refractivity contribution in [3.8, 4) is 0 Å². The lowest BCUT2D eigenvalue weighted by Crippen LogP contribution is -2.46. The first-order chi connectivity index (χ1) is 11.9. The Bertz CT molecular complexity index is 745. The average molecular weight is 365 g/mol. The summed E-state index contributed by atoms with van der Waals surface area (Å²) < 4.78 is 25.6. The third-order valence-electron chi connectivity index (χ3n) is 5.49. The molecule has 1 fully saturated rings. The van der Waals surface area contributed by atoms with Crippen LogP contribution in [0.5, 0.6) is 0 Å². The van der Waals surface area contributed by atoms with Gasteiger partial charge in [-0.2, -0.15) is 0 Å². The number of amides is 1.